The van der Waals surface area contributed by atoms with Gasteiger partial charge in [-0.2, -0.15) is 0 Å². The van der Waals surface area contributed by atoms with Gasteiger partial charge in [0.15, 0.2) is 11.5 Å². The second-order valence-electron chi connectivity index (χ2n) is 6.10. The van der Waals surface area contributed by atoms with E-state index >= 15 is 0 Å². The topological polar surface area (TPSA) is 68.3 Å². The maximum atomic E-state index is 13.7. The second kappa shape index (κ2) is 9.55. The summed E-state index contributed by atoms with van der Waals surface area (Å²) in [6.45, 7) is 1.05. The first-order valence-electron chi connectivity index (χ1n) is 8.93. The number of hydrogen-bond acceptors (Lipinski definition) is 6. The number of halogens is 1. The molecule has 6 nitrogen and oxygen atoms in total. The average Bonchev–Trinajstić information content (AvgIpc) is 2.73. The van der Waals surface area contributed by atoms with E-state index in [9.17, 15) is 4.39 Å². The van der Waals surface area contributed by atoms with Crippen molar-refractivity contribution in [2.24, 2.45) is 0 Å². The van der Waals surface area contributed by atoms with Crippen LogP contribution >= 0.6 is 0 Å². The van der Waals surface area contributed by atoms with Crippen molar-refractivity contribution in [3.05, 3.63) is 71.8 Å². The van der Waals surface area contributed by atoms with Gasteiger partial charge in [-0.15, -0.1) is 0 Å². The number of nitrogens with zero attached hydrogens (tertiary/aromatic N) is 2. The van der Waals surface area contributed by atoms with Gasteiger partial charge >= 0.3 is 0 Å². The van der Waals surface area contributed by atoms with Gasteiger partial charge < -0.3 is 20.1 Å². The van der Waals surface area contributed by atoms with Gasteiger partial charge in [0, 0.05) is 24.7 Å². The molecule has 0 atom stereocenters. The van der Waals surface area contributed by atoms with Crippen molar-refractivity contribution in [2.75, 3.05) is 31.4 Å². The summed E-state index contributed by atoms with van der Waals surface area (Å²) in [7, 11) is 3.24. The van der Waals surface area contributed by atoms with Crippen molar-refractivity contribution >= 4 is 11.6 Å². The van der Waals surface area contributed by atoms with Crippen molar-refractivity contribution in [1.82, 2.24) is 9.97 Å². The Morgan fingerprint density at radius 3 is 2.39 bits per heavy atom. The zero-order valence-corrected chi connectivity index (χ0v) is 15.9. The van der Waals surface area contributed by atoms with Crippen LogP contribution in [0.3, 0.4) is 0 Å². The molecular formula is C21H23FN4O2. The molecule has 0 aliphatic carbocycles. The molecule has 0 bridgehead atoms. The van der Waals surface area contributed by atoms with Crippen molar-refractivity contribution in [1.29, 1.82) is 0 Å². The molecule has 0 unspecified atom stereocenters. The first-order valence-corrected chi connectivity index (χ1v) is 8.93. The van der Waals surface area contributed by atoms with Crippen molar-refractivity contribution in [3.63, 3.8) is 0 Å². The van der Waals surface area contributed by atoms with Gasteiger partial charge in [0.2, 0.25) is 0 Å². The Morgan fingerprint density at radius 2 is 1.64 bits per heavy atom. The Bertz CT molecular complexity index is 920. The normalized spacial score (nSPS) is 10.4. The van der Waals surface area contributed by atoms with Crippen LogP contribution in [0.4, 0.5) is 16.0 Å². The summed E-state index contributed by atoms with van der Waals surface area (Å²) in [6, 6.07) is 14.3. The lowest BCUT2D eigenvalue weighted by molar-refractivity contribution is 0.354. The van der Waals surface area contributed by atoms with Gasteiger partial charge in [-0.25, -0.2) is 14.4 Å². The highest BCUT2D eigenvalue weighted by molar-refractivity contribution is 5.47. The van der Waals surface area contributed by atoms with Crippen LogP contribution in [0, 0.1) is 5.82 Å². The van der Waals surface area contributed by atoms with Crippen molar-refractivity contribution in [3.8, 4) is 11.5 Å². The molecule has 0 spiro atoms. The number of aromatic nitrogens is 2. The summed E-state index contributed by atoms with van der Waals surface area (Å²) in [5.41, 5.74) is 1.71. The van der Waals surface area contributed by atoms with Crippen LogP contribution in [0.2, 0.25) is 0 Å². The highest BCUT2D eigenvalue weighted by atomic mass is 19.1. The van der Waals surface area contributed by atoms with Crippen LogP contribution in [0.5, 0.6) is 11.5 Å². The molecule has 0 amide bonds. The summed E-state index contributed by atoms with van der Waals surface area (Å²) in [6.07, 6.45) is 2.27. The van der Waals surface area contributed by atoms with Crippen molar-refractivity contribution < 1.29 is 13.9 Å². The van der Waals surface area contributed by atoms with Crippen LogP contribution in [-0.4, -0.2) is 30.7 Å². The zero-order chi connectivity index (χ0) is 19.8. The molecule has 0 aliphatic heterocycles. The fraction of sp³-hybridized carbons (Fsp3) is 0.238. The number of methoxy groups -OCH3 is 2. The first kappa shape index (κ1) is 19.4. The van der Waals surface area contributed by atoms with Crippen LogP contribution in [0.1, 0.15) is 11.1 Å². The van der Waals surface area contributed by atoms with Gasteiger partial charge in [0.25, 0.3) is 0 Å². The predicted molar refractivity (Wildman–Crippen MR) is 107 cm³/mol. The molecule has 3 aromatic rings. The first-order chi connectivity index (χ1) is 13.7. The van der Waals surface area contributed by atoms with E-state index in [1.807, 2.05) is 18.2 Å². The van der Waals surface area contributed by atoms with Crippen LogP contribution in [0.25, 0.3) is 0 Å². The van der Waals surface area contributed by atoms with Gasteiger partial charge in [-0.3, -0.25) is 0 Å². The predicted octanol–water partition coefficient (Wildman–Crippen LogP) is 3.90. The number of nitrogens with one attached hydrogen (secondary N) is 2. The van der Waals surface area contributed by atoms with Gasteiger partial charge in [-0.05, 0) is 30.2 Å². The molecule has 0 saturated heterocycles. The number of ether oxygens (including phenoxy) is 2. The van der Waals surface area contributed by atoms with E-state index < -0.39 is 0 Å². The van der Waals surface area contributed by atoms with Crippen LogP contribution in [0.15, 0.2) is 54.9 Å². The fourth-order valence-corrected chi connectivity index (χ4v) is 2.75. The molecule has 28 heavy (non-hydrogen) atoms. The fourth-order valence-electron chi connectivity index (χ4n) is 2.75. The number of rotatable bonds is 9. The number of anilines is 2. The van der Waals surface area contributed by atoms with E-state index in [0.717, 1.165) is 12.0 Å². The lowest BCUT2D eigenvalue weighted by Gasteiger charge is -2.11. The van der Waals surface area contributed by atoms with Crippen LogP contribution in [-0.2, 0) is 13.0 Å². The molecule has 1 heterocycles. The molecule has 1 aromatic heterocycles. The molecule has 0 saturated carbocycles. The molecule has 146 valence electrons. The smallest absolute Gasteiger partial charge is 0.160 e. The lowest BCUT2D eigenvalue weighted by atomic mass is 10.1. The minimum atomic E-state index is -0.239. The SMILES string of the molecule is COc1ccc(CCNc2cc(NCc3ccccc3F)ncn2)cc1OC. The Hall–Kier alpha value is -3.35. The van der Waals surface area contributed by atoms with E-state index in [1.54, 1.807) is 38.5 Å². The molecule has 2 aromatic carbocycles. The Labute approximate surface area is 163 Å². The highest BCUT2D eigenvalue weighted by Gasteiger charge is 2.05. The highest BCUT2D eigenvalue weighted by Crippen LogP contribution is 2.27. The minimum absolute atomic E-state index is 0.239. The summed E-state index contributed by atoms with van der Waals surface area (Å²) in [5, 5.41) is 6.39. The van der Waals surface area contributed by atoms with E-state index in [-0.39, 0.29) is 5.82 Å². The summed E-state index contributed by atoms with van der Waals surface area (Å²) >= 11 is 0. The summed E-state index contributed by atoms with van der Waals surface area (Å²) < 4.78 is 24.3. The Morgan fingerprint density at radius 1 is 0.893 bits per heavy atom. The average molecular weight is 382 g/mol. The maximum Gasteiger partial charge on any atom is 0.160 e. The van der Waals surface area contributed by atoms with E-state index in [4.69, 9.17) is 9.47 Å². The Balaban J connectivity index is 1.54. The van der Waals surface area contributed by atoms with Crippen molar-refractivity contribution in [2.45, 2.75) is 13.0 Å². The lowest BCUT2D eigenvalue weighted by Crippen LogP contribution is -2.08. The molecule has 3 rings (SSSR count). The monoisotopic (exact) mass is 382 g/mol. The van der Waals surface area contributed by atoms with E-state index in [0.29, 0.717) is 41.8 Å². The second-order valence-corrected chi connectivity index (χ2v) is 6.10. The minimum Gasteiger partial charge on any atom is -0.493 e. The number of hydrogen-bond donors (Lipinski definition) is 2. The number of benzene rings is 2. The third kappa shape index (κ3) is 5.09. The summed E-state index contributed by atoms with van der Waals surface area (Å²) in [5.74, 6) is 2.51. The molecule has 7 heteroatoms. The maximum absolute atomic E-state index is 13.7. The molecular weight excluding hydrogens is 359 g/mol. The third-order valence-electron chi connectivity index (χ3n) is 4.25. The molecule has 0 radical (unpaired) electrons. The van der Waals surface area contributed by atoms with Gasteiger partial charge in [0.05, 0.1) is 14.2 Å². The Kier molecular flexibility index (Phi) is 6.62. The molecule has 0 fully saturated rings. The van der Waals surface area contributed by atoms with Gasteiger partial charge in [-0.1, -0.05) is 24.3 Å². The molecule has 2 N–H and O–H groups in total. The van der Waals surface area contributed by atoms with Gasteiger partial charge in [0.1, 0.15) is 23.8 Å². The zero-order valence-electron chi connectivity index (χ0n) is 15.9. The van der Waals surface area contributed by atoms with E-state index in [2.05, 4.69) is 20.6 Å². The summed E-state index contributed by atoms with van der Waals surface area (Å²) in [4.78, 5) is 8.40. The largest absolute Gasteiger partial charge is 0.493 e. The third-order valence-corrected chi connectivity index (χ3v) is 4.25. The van der Waals surface area contributed by atoms with E-state index in [1.165, 1.54) is 12.4 Å². The standard InChI is InChI=1S/C21H23FN4O2/c1-27-18-8-7-15(11-19(18)28-2)9-10-23-20-12-21(26-14-25-20)24-13-16-5-3-4-6-17(16)22/h3-8,11-12,14H,9-10,13H2,1-2H3,(H2,23,24,25,26). The van der Waals surface area contributed by atoms with Crippen LogP contribution < -0.4 is 20.1 Å². The molecule has 0 aliphatic rings. The quantitative estimate of drug-likeness (QED) is 0.585.